The van der Waals surface area contributed by atoms with E-state index < -0.39 is 0 Å². The Hall–Kier alpha value is -1.10. The van der Waals surface area contributed by atoms with E-state index in [4.69, 9.17) is 4.74 Å². The second kappa shape index (κ2) is 9.58. The number of piperidine rings is 1. The van der Waals surface area contributed by atoms with Crippen LogP contribution in [0.5, 0.6) is 5.75 Å². The number of aliphatic hydroxyl groups excluding tert-OH is 1. The molecular formula is C26H44N2O2. The third-order valence-corrected chi connectivity index (χ3v) is 8.01. The molecule has 170 valence electrons. The predicted molar refractivity (Wildman–Crippen MR) is 125 cm³/mol. The molecule has 2 aliphatic rings. The standard InChI is InChI=1S/C26H44N2O2/c1-18(2)25-20(4)28(16-21-9-10-21)13-12-26(25,15-22(17-29)27(5)6)24-14-23(30-7)11-8-19(24)3/h8,11,14,18,20-22,25,29H,9-10,12-13,15-17H2,1-7H3. The number of ether oxygens (including phenoxy) is 1. The van der Waals surface area contributed by atoms with Crippen LogP contribution in [0.25, 0.3) is 0 Å². The molecule has 1 heterocycles. The van der Waals surface area contributed by atoms with Crippen LogP contribution in [0.15, 0.2) is 18.2 Å². The van der Waals surface area contributed by atoms with Crippen molar-refractivity contribution in [2.45, 2.75) is 70.9 Å². The molecule has 0 spiro atoms. The molecule has 1 saturated carbocycles. The van der Waals surface area contributed by atoms with Crippen LogP contribution in [0.1, 0.15) is 57.6 Å². The summed E-state index contributed by atoms with van der Waals surface area (Å²) in [6, 6.07) is 7.28. The molecule has 4 heteroatoms. The first-order chi connectivity index (χ1) is 14.2. The average Bonchev–Trinajstić information content (AvgIpc) is 3.52. The van der Waals surface area contributed by atoms with Crippen molar-refractivity contribution in [3.63, 3.8) is 0 Å². The zero-order valence-electron chi connectivity index (χ0n) is 20.3. The van der Waals surface area contributed by atoms with E-state index in [0.29, 0.717) is 17.9 Å². The first-order valence-corrected chi connectivity index (χ1v) is 11.9. The van der Waals surface area contributed by atoms with Crippen LogP contribution in [0.4, 0.5) is 0 Å². The number of methoxy groups -OCH3 is 1. The van der Waals surface area contributed by atoms with Gasteiger partial charge < -0.3 is 19.6 Å². The van der Waals surface area contributed by atoms with Crippen LogP contribution < -0.4 is 4.74 Å². The Balaban J connectivity index is 2.09. The first kappa shape index (κ1) is 23.6. The lowest BCUT2D eigenvalue weighted by molar-refractivity contribution is -0.0132. The summed E-state index contributed by atoms with van der Waals surface area (Å²) in [6.07, 6.45) is 4.94. The Labute approximate surface area is 184 Å². The van der Waals surface area contributed by atoms with E-state index in [2.05, 4.69) is 69.8 Å². The Morgan fingerprint density at radius 3 is 2.50 bits per heavy atom. The zero-order chi connectivity index (χ0) is 22.1. The number of hydrogen-bond donors (Lipinski definition) is 1. The third kappa shape index (κ3) is 4.71. The maximum Gasteiger partial charge on any atom is 0.119 e. The van der Waals surface area contributed by atoms with Crippen molar-refractivity contribution in [2.24, 2.45) is 17.8 Å². The Morgan fingerprint density at radius 2 is 1.97 bits per heavy atom. The average molecular weight is 417 g/mol. The van der Waals surface area contributed by atoms with Gasteiger partial charge in [-0.25, -0.2) is 0 Å². The summed E-state index contributed by atoms with van der Waals surface area (Å²) in [4.78, 5) is 4.97. The SMILES string of the molecule is COc1ccc(C)c(C2(CC(CO)N(C)C)CCN(CC3CC3)C(C)C2C(C)C)c1. The highest BCUT2D eigenvalue weighted by Gasteiger charge is 2.51. The fraction of sp³-hybridized carbons (Fsp3) is 0.769. The summed E-state index contributed by atoms with van der Waals surface area (Å²) in [7, 11) is 5.96. The van der Waals surface area contributed by atoms with Gasteiger partial charge in [0.1, 0.15) is 5.75 Å². The molecular weight excluding hydrogens is 372 g/mol. The van der Waals surface area contributed by atoms with Gasteiger partial charge in [-0.2, -0.15) is 0 Å². The van der Waals surface area contributed by atoms with E-state index in [1.54, 1.807) is 7.11 Å². The second-order valence-electron chi connectivity index (χ2n) is 10.5. The molecule has 1 N–H and O–H groups in total. The minimum atomic E-state index is 0.0317. The minimum Gasteiger partial charge on any atom is -0.497 e. The Morgan fingerprint density at radius 1 is 1.27 bits per heavy atom. The van der Waals surface area contributed by atoms with E-state index in [1.807, 2.05) is 0 Å². The van der Waals surface area contributed by atoms with Crippen molar-refractivity contribution in [3.8, 4) is 5.75 Å². The summed E-state index contributed by atoms with van der Waals surface area (Å²) < 4.78 is 5.66. The van der Waals surface area contributed by atoms with Crippen LogP contribution in [-0.4, -0.2) is 67.9 Å². The molecule has 0 amide bonds. The van der Waals surface area contributed by atoms with Crippen molar-refractivity contribution in [1.82, 2.24) is 9.80 Å². The molecule has 1 aliphatic carbocycles. The fourth-order valence-corrected chi connectivity index (χ4v) is 6.24. The zero-order valence-corrected chi connectivity index (χ0v) is 20.3. The second-order valence-corrected chi connectivity index (χ2v) is 10.5. The van der Waals surface area contributed by atoms with Crippen LogP contribution in [0.3, 0.4) is 0 Å². The number of benzene rings is 1. The molecule has 4 atom stereocenters. The van der Waals surface area contributed by atoms with E-state index in [1.165, 1.54) is 30.5 Å². The summed E-state index contributed by atoms with van der Waals surface area (Å²) in [5.41, 5.74) is 2.81. The maximum absolute atomic E-state index is 10.3. The van der Waals surface area contributed by atoms with Crippen molar-refractivity contribution in [2.75, 3.05) is 40.9 Å². The van der Waals surface area contributed by atoms with E-state index in [0.717, 1.165) is 31.1 Å². The first-order valence-electron chi connectivity index (χ1n) is 11.9. The smallest absolute Gasteiger partial charge is 0.119 e. The van der Waals surface area contributed by atoms with Gasteiger partial charge in [-0.15, -0.1) is 0 Å². The molecule has 4 unspecified atom stereocenters. The van der Waals surface area contributed by atoms with Gasteiger partial charge in [-0.05, 0) is 101 Å². The van der Waals surface area contributed by atoms with Gasteiger partial charge in [0, 0.05) is 24.0 Å². The van der Waals surface area contributed by atoms with E-state index >= 15 is 0 Å². The van der Waals surface area contributed by atoms with E-state index in [-0.39, 0.29) is 18.1 Å². The quantitative estimate of drug-likeness (QED) is 0.650. The van der Waals surface area contributed by atoms with Gasteiger partial charge in [-0.1, -0.05) is 19.9 Å². The molecule has 1 aromatic carbocycles. The summed E-state index contributed by atoms with van der Waals surface area (Å²) >= 11 is 0. The topological polar surface area (TPSA) is 35.9 Å². The van der Waals surface area contributed by atoms with Crippen molar-refractivity contribution < 1.29 is 9.84 Å². The largest absolute Gasteiger partial charge is 0.497 e. The Bertz CT molecular complexity index is 700. The molecule has 30 heavy (non-hydrogen) atoms. The lowest BCUT2D eigenvalue weighted by Gasteiger charge is -2.56. The summed E-state index contributed by atoms with van der Waals surface area (Å²) in [6.45, 7) is 12.1. The van der Waals surface area contributed by atoms with Crippen LogP contribution in [0, 0.1) is 24.7 Å². The van der Waals surface area contributed by atoms with Gasteiger partial charge >= 0.3 is 0 Å². The minimum absolute atomic E-state index is 0.0317. The highest BCUT2D eigenvalue weighted by atomic mass is 16.5. The molecule has 3 rings (SSSR count). The van der Waals surface area contributed by atoms with Crippen LogP contribution in [0.2, 0.25) is 0 Å². The molecule has 0 radical (unpaired) electrons. The predicted octanol–water partition coefficient (Wildman–Crippen LogP) is 4.33. The molecule has 0 bridgehead atoms. The molecule has 1 aromatic rings. The molecule has 2 fully saturated rings. The van der Waals surface area contributed by atoms with Crippen molar-refractivity contribution in [3.05, 3.63) is 29.3 Å². The number of aryl methyl sites for hydroxylation is 1. The normalized spacial score (nSPS) is 28.9. The monoisotopic (exact) mass is 416 g/mol. The maximum atomic E-state index is 10.3. The van der Waals surface area contributed by atoms with Crippen molar-refractivity contribution >= 4 is 0 Å². The number of nitrogens with zero attached hydrogens (tertiary/aromatic N) is 2. The van der Waals surface area contributed by atoms with Gasteiger partial charge in [0.05, 0.1) is 13.7 Å². The van der Waals surface area contributed by atoms with E-state index in [9.17, 15) is 5.11 Å². The van der Waals surface area contributed by atoms with Gasteiger partial charge in [0.2, 0.25) is 0 Å². The highest BCUT2D eigenvalue weighted by molar-refractivity contribution is 5.42. The molecule has 4 nitrogen and oxygen atoms in total. The van der Waals surface area contributed by atoms with Crippen LogP contribution >= 0.6 is 0 Å². The summed E-state index contributed by atoms with van der Waals surface area (Å²) in [5, 5.41) is 10.3. The van der Waals surface area contributed by atoms with Gasteiger partial charge in [0.25, 0.3) is 0 Å². The van der Waals surface area contributed by atoms with Crippen molar-refractivity contribution in [1.29, 1.82) is 0 Å². The lowest BCUT2D eigenvalue weighted by atomic mass is 9.56. The number of rotatable bonds is 9. The number of aliphatic hydroxyl groups is 1. The van der Waals surface area contributed by atoms with Gasteiger partial charge in [0.15, 0.2) is 0 Å². The lowest BCUT2D eigenvalue weighted by Crippen LogP contribution is -2.59. The fourth-order valence-electron chi connectivity index (χ4n) is 6.24. The third-order valence-electron chi connectivity index (χ3n) is 8.01. The van der Waals surface area contributed by atoms with Crippen LogP contribution in [-0.2, 0) is 5.41 Å². The molecule has 1 aliphatic heterocycles. The number of likely N-dealkylation sites (N-methyl/N-ethyl adjacent to an activating group) is 1. The molecule has 1 saturated heterocycles. The number of hydrogen-bond acceptors (Lipinski definition) is 4. The highest BCUT2D eigenvalue weighted by Crippen LogP contribution is 2.51. The van der Waals surface area contributed by atoms with Gasteiger partial charge in [-0.3, -0.25) is 0 Å². The summed E-state index contributed by atoms with van der Waals surface area (Å²) in [5.74, 6) is 2.95. The number of likely N-dealkylation sites (tertiary alicyclic amines) is 1. The Kier molecular flexibility index (Phi) is 7.53. The molecule has 0 aromatic heterocycles.